The van der Waals surface area contributed by atoms with Gasteiger partial charge in [-0.1, -0.05) is 6.92 Å². The van der Waals surface area contributed by atoms with Crippen molar-refractivity contribution in [3.05, 3.63) is 0 Å². The van der Waals surface area contributed by atoms with Gasteiger partial charge >= 0.3 is 0 Å². The fraction of sp³-hybridized carbons (Fsp3) is 1.00. The quantitative estimate of drug-likeness (QED) is 0.602. The van der Waals surface area contributed by atoms with Crippen LogP contribution in [0.5, 0.6) is 0 Å². The molecule has 2 saturated heterocycles. The Bertz CT molecular complexity index is 151. The number of likely N-dealkylation sites (N-methyl/N-ethyl adjacent to an activating group) is 1. The van der Waals surface area contributed by atoms with Gasteiger partial charge in [0, 0.05) is 25.7 Å². The number of hydrogen-bond acceptors (Lipinski definition) is 3. The third-order valence-corrected chi connectivity index (χ3v) is 2.92. The summed E-state index contributed by atoms with van der Waals surface area (Å²) in [5, 5.41) is 3.52. The molecule has 0 aliphatic carbocycles. The highest BCUT2D eigenvalue weighted by Crippen LogP contribution is 2.16. The maximum absolute atomic E-state index is 5.69. The Morgan fingerprint density at radius 2 is 2.50 bits per heavy atom. The van der Waals surface area contributed by atoms with Crippen LogP contribution in [-0.4, -0.2) is 49.8 Å². The standard InChI is InChI=1S/C9H18N2O/c1-2-11-5-3-9-8(7-11)10-4-6-12-9/h8-10H,2-7H2,1H3/t8-,9-/m1/s1. The summed E-state index contributed by atoms with van der Waals surface area (Å²) in [6.07, 6.45) is 1.69. The van der Waals surface area contributed by atoms with Gasteiger partial charge in [-0.25, -0.2) is 0 Å². The number of nitrogens with zero attached hydrogens (tertiary/aromatic N) is 1. The summed E-state index contributed by atoms with van der Waals surface area (Å²) in [6, 6.07) is 0.590. The lowest BCUT2D eigenvalue weighted by Crippen LogP contribution is -2.58. The van der Waals surface area contributed by atoms with Gasteiger partial charge in [0.15, 0.2) is 0 Å². The first-order valence-electron chi connectivity index (χ1n) is 4.97. The molecule has 2 fully saturated rings. The highest BCUT2D eigenvalue weighted by atomic mass is 16.5. The number of ether oxygens (including phenoxy) is 1. The number of piperidine rings is 1. The van der Waals surface area contributed by atoms with Crippen molar-refractivity contribution in [2.24, 2.45) is 0 Å². The molecule has 2 atom stereocenters. The third-order valence-electron chi connectivity index (χ3n) is 2.92. The average molecular weight is 170 g/mol. The van der Waals surface area contributed by atoms with E-state index in [2.05, 4.69) is 17.1 Å². The van der Waals surface area contributed by atoms with E-state index in [4.69, 9.17) is 4.74 Å². The zero-order valence-corrected chi connectivity index (χ0v) is 7.75. The fourth-order valence-electron chi connectivity index (χ4n) is 2.14. The number of likely N-dealkylation sites (tertiary alicyclic amines) is 1. The summed E-state index contributed by atoms with van der Waals surface area (Å²) in [6.45, 7) is 7.70. The highest BCUT2D eigenvalue weighted by Gasteiger charge is 2.30. The molecule has 70 valence electrons. The molecule has 1 N–H and O–H groups in total. The lowest BCUT2D eigenvalue weighted by Gasteiger charge is -2.41. The van der Waals surface area contributed by atoms with Crippen LogP contribution >= 0.6 is 0 Å². The van der Waals surface area contributed by atoms with Crippen molar-refractivity contribution in [1.29, 1.82) is 0 Å². The summed E-state index contributed by atoms with van der Waals surface area (Å²) in [4.78, 5) is 2.49. The molecule has 0 aromatic carbocycles. The third kappa shape index (κ3) is 1.63. The summed E-state index contributed by atoms with van der Waals surface area (Å²) in [5.41, 5.74) is 0. The van der Waals surface area contributed by atoms with E-state index in [0.717, 1.165) is 13.2 Å². The number of fused-ring (bicyclic) bond motifs is 1. The van der Waals surface area contributed by atoms with Crippen LogP contribution in [-0.2, 0) is 4.74 Å². The van der Waals surface area contributed by atoms with E-state index in [0.29, 0.717) is 12.1 Å². The van der Waals surface area contributed by atoms with Crippen LogP contribution < -0.4 is 5.32 Å². The monoisotopic (exact) mass is 170 g/mol. The van der Waals surface area contributed by atoms with Crippen molar-refractivity contribution in [2.45, 2.75) is 25.5 Å². The van der Waals surface area contributed by atoms with E-state index < -0.39 is 0 Å². The largest absolute Gasteiger partial charge is 0.375 e. The Kier molecular flexibility index (Phi) is 2.63. The SMILES string of the molecule is CCN1CC[C@H]2OCCN[C@@H]2C1. The molecule has 2 rings (SSSR count). The van der Waals surface area contributed by atoms with Gasteiger partial charge in [-0.05, 0) is 13.0 Å². The molecule has 0 saturated carbocycles. The van der Waals surface area contributed by atoms with Crippen LogP contribution in [0.4, 0.5) is 0 Å². The summed E-state index contributed by atoms with van der Waals surface area (Å²) < 4.78 is 5.69. The van der Waals surface area contributed by atoms with Crippen LogP contribution in [0.1, 0.15) is 13.3 Å². The summed E-state index contributed by atoms with van der Waals surface area (Å²) in [7, 11) is 0. The van der Waals surface area contributed by atoms with Crippen molar-refractivity contribution in [3.8, 4) is 0 Å². The molecule has 2 heterocycles. The molecule has 2 aliphatic heterocycles. The molecule has 0 amide bonds. The molecule has 3 heteroatoms. The first-order chi connectivity index (χ1) is 5.90. The second kappa shape index (κ2) is 3.73. The first kappa shape index (κ1) is 8.48. The zero-order valence-electron chi connectivity index (χ0n) is 7.75. The second-order valence-corrected chi connectivity index (χ2v) is 3.65. The van der Waals surface area contributed by atoms with Crippen molar-refractivity contribution in [2.75, 3.05) is 32.8 Å². The minimum absolute atomic E-state index is 0.488. The van der Waals surface area contributed by atoms with E-state index in [1.807, 2.05) is 0 Å². The summed E-state index contributed by atoms with van der Waals surface area (Å²) >= 11 is 0. The Morgan fingerprint density at radius 1 is 1.58 bits per heavy atom. The molecule has 0 aromatic heterocycles. The van der Waals surface area contributed by atoms with Gasteiger partial charge < -0.3 is 15.0 Å². The van der Waals surface area contributed by atoms with Crippen LogP contribution in [0, 0.1) is 0 Å². The smallest absolute Gasteiger partial charge is 0.0753 e. The van der Waals surface area contributed by atoms with Gasteiger partial charge in [-0.2, -0.15) is 0 Å². The number of hydrogen-bond donors (Lipinski definition) is 1. The van der Waals surface area contributed by atoms with Crippen molar-refractivity contribution in [1.82, 2.24) is 10.2 Å². The van der Waals surface area contributed by atoms with E-state index in [9.17, 15) is 0 Å². The lowest BCUT2D eigenvalue weighted by atomic mass is 10.0. The highest BCUT2D eigenvalue weighted by molar-refractivity contribution is 4.88. The Labute approximate surface area is 74.1 Å². The van der Waals surface area contributed by atoms with Gasteiger partial charge in [0.2, 0.25) is 0 Å². The molecule has 2 aliphatic rings. The maximum Gasteiger partial charge on any atom is 0.0753 e. The Balaban J connectivity index is 1.90. The molecule has 3 nitrogen and oxygen atoms in total. The second-order valence-electron chi connectivity index (χ2n) is 3.65. The lowest BCUT2D eigenvalue weighted by molar-refractivity contribution is -0.0420. The van der Waals surface area contributed by atoms with Crippen molar-refractivity contribution in [3.63, 3.8) is 0 Å². The number of nitrogens with one attached hydrogen (secondary N) is 1. The van der Waals surface area contributed by atoms with Crippen LogP contribution in [0.2, 0.25) is 0 Å². The van der Waals surface area contributed by atoms with Gasteiger partial charge in [0.1, 0.15) is 0 Å². The van der Waals surface area contributed by atoms with Crippen molar-refractivity contribution >= 4 is 0 Å². The first-order valence-corrected chi connectivity index (χ1v) is 4.97. The van der Waals surface area contributed by atoms with Gasteiger partial charge in [0.05, 0.1) is 12.7 Å². The Morgan fingerprint density at radius 3 is 3.33 bits per heavy atom. The predicted molar refractivity (Wildman–Crippen MR) is 48.3 cm³/mol. The van der Waals surface area contributed by atoms with Gasteiger partial charge in [-0.3, -0.25) is 0 Å². The molecular weight excluding hydrogens is 152 g/mol. The van der Waals surface area contributed by atoms with E-state index in [-0.39, 0.29) is 0 Å². The van der Waals surface area contributed by atoms with Crippen molar-refractivity contribution < 1.29 is 4.74 Å². The van der Waals surface area contributed by atoms with Gasteiger partial charge in [0.25, 0.3) is 0 Å². The van der Waals surface area contributed by atoms with E-state index in [1.165, 1.54) is 26.1 Å². The molecule has 0 aromatic rings. The van der Waals surface area contributed by atoms with Crippen LogP contribution in [0.15, 0.2) is 0 Å². The normalized spacial score (nSPS) is 37.8. The van der Waals surface area contributed by atoms with Gasteiger partial charge in [-0.15, -0.1) is 0 Å². The molecule has 12 heavy (non-hydrogen) atoms. The number of rotatable bonds is 1. The van der Waals surface area contributed by atoms with Crippen LogP contribution in [0.25, 0.3) is 0 Å². The Hall–Kier alpha value is -0.120. The molecule has 0 spiro atoms. The number of morpholine rings is 1. The minimum atomic E-state index is 0.488. The molecule has 0 unspecified atom stereocenters. The maximum atomic E-state index is 5.69. The fourth-order valence-corrected chi connectivity index (χ4v) is 2.14. The molecule has 0 bridgehead atoms. The average Bonchev–Trinajstić information content (AvgIpc) is 2.17. The zero-order chi connectivity index (χ0) is 8.39. The van der Waals surface area contributed by atoms with E-state index >= 15 is 0 Å². The van der Waals surface area contributed by atoms with E-state index in [1.54, 1.807) is 0 Å². The molecular formula is C9H18N2O. The van der Waals surface area contributed by atoms with Crippen LogP contribution in [0.3, 0.4) is 0 Å². The topological polar surface area (TPSA) is 24.5 Å². The predicted octanol–water partition coefficient (Wildman–Crippen LogP) is 0.0690. The molecule has 0 radical (unpaired) electrons. The minimum Gasteiger partial charge on any atom is -0.375 e. The summed E-state index contributed by atoms with van der Waals surface area (Å²) in [5.74, 6) is 0.